The SMILES string of the molecule is CC(C)n1c(CN2CCC[C@H](C(=O)Nc3cc(Cl)ccc3Cl)C2)nc2ccccc21. The maximum atomic E-state index is 12.9. The highest BCUT2D eigenvalue weighted by molar-refractivity contribution is 6.35. The molecule has 7 heteroatoms. The van der Waals surface area contributed by atoms with Crippen molar-refractivity contribution in [1.82, 2.24) is 14.5 Å². The van der Waals surface area contributed by atoms with E-state index in [-0.39, 0.29) is 11.8 Å². The highest BCUT2D eigenvalue weighted by atomic mass is 35.5. The molecular weight excluding hydrogens is 419 g/mol. The summed E-state index contributed by atoms with van der Waals surface area (Å²) in [7, 11) is 0. The summed E-state index contributed by atoms with van der Waals surface area (Å²) in [4.78, 5) is 20.1. The normalized spacial score (nSPS) is 17.6. The minimum Gasteiger partial charge on any atom is -0.324 e. The first kappa shape index (κ1) is 21.2. The van der Waals surface area contributed by atoms with Crippen LogP contribution in [0.4, 0.5) is 5.69 Å². The smallest absolute Gasteiger partial charge is 0.228 e. The standard InChI is InChI=1S/C23H26Cl2N4O/c1-15(2)29-21-8-4-3-7-19(21)26-22(29)14-28-11-5-6-16(13-28)23(30)27-20-12-17(24)9-10-18(20)25/h3-4,7-10,12,15-16H,5-6,11,13-14H2,1-2H3,(H,27,30)/t16-/m0/s1. The predicted molar refractivity (Wildman–Crippen MR) is 123 cm³/mol. The van der Waals surface area contributed by atoms with Gasteiger partial charge in [0.2, 0.25) is 5.91 Å². The summed E-state index contributed by atoms with van der Waals surface area (Å²) in [6, 6.07) is 13.7. The monoisotopic (exact) mass is 444 g/mol. The second kappa shape index (κ2) is 8.96. The zero-order chi connectivity index (χ0) is 21.3. The van der Waals surface area contributed by atoms with Gasteiger partial charge in [0.25, 0.3) is 0 Å². The van der Waals surface area contributed by atoms with E-state index in [9.17, 15) is 4.79 Å². The number of para-hydroxylation sites is 2. The van der Waals surface area contributed by atoms with Crippen LogP contribution in [0.15, 0.2) is 42.5 Å². The van der Waals surface area contributed by atoms with Crippen molar-refractivity contribution < 1.29 is 4.79 Å². The molecule has 0 aliphatic carbocycles. The van der Waals surface area contributed by atoms with Crippen molar-refractivity contribution in [3.05, 3.63) is 58.3 Å². The molecule has 0 bridgehead atoms. The molecule has 1 fully saturated rings. The molecule has 2 heterocycles. The van der Waals surface area contributed by atoms with Gasteiger partial charge in [-0.2, -0.15) is 0 Å². The van der Waals surface area contributed by atoms with E-state index < -0.39 is 0 Å². The molecule has 1 aliphatic heterocycles. The third kappa shape index (κ3) is 4.48. The number of likely N-dealkylation sites (tertiary alicyclic amines) is 1. The molecule has 1 aromatic heterocycles. The fourth-order valence-electron chi connectivity index (χ4n) is 4.22. The number of fused-ring (bicyclic) bond motifs is 1. The average molecular weight is 445 g/mol. The van der Waals surface area contributed by atoms with E-state index >= 15 is 0 Å². The van der Waals surface area contributed by atoms with Crippen molar-refractivity contribution in [3.8, 4) is 0 Å². The number of nitrogens with one attached hydrogen (secondary N) is 1. The van der Waals surface area contributed by atoms with E-state index in [2.05, 4.69) is 46.8 Å². The molecule has 2 aromatic carbocycles. The number of anilines is 1. The van der Waals surface area contributed by atoms with Gasteiger partial charge < -0.3 is 9.88 Å². The molecule has 30 heavy (non-hydrogen) atoms. The van der Waals surface area contributed by atoms with E-state index in [4.69, 9.17) is 28.2 Å². The highest BCUT2D eigenvalue weighted by Crippen LogP contribution is 2.28. The second-order valence-electron chi connectivity index (χ2n) is 8.17. The first-order chi connectivity index (χ1) is 14.4. The van der Waals surface area contributed by atoms with Crippen LogP contribution in [0.2, 0.25) is 10.0 Å². The van der Waals surface area contributed by atoms with Gasteiger partial charge in [0.1, 0.15) is 5.82 Å². The van der Waals surface area contributed by atoms with Crippen LogP contribution in [0.1, 0.15) is 38.6 Å². The van der Waals surface area contributed by atoms with E-state index in [1.807, 2.05) is 6.07 Å². The average Bonchev–Trinajstić information content (AvgIpc) is 3.09. The summed E-state index contributed by atoms with van der Waals surface area (Å²) in [5, 5.41) is 3.99. The van der Waals surface area contributed by atoms with Crippen LogP contribution in [-0.4, -0.2) is 33.4 Å². The molecule has 0 spiro atoms. The lowest BCUT2D eigenvalue weighted by molar-refractivity contribution is -0.121. The van der Waals surface area contributed by atoms with Crippen molar-refractivity contribution >= 4 is 45.8 Å². The zero-order valence-electron chi connectivity index (χ0n) is 17.2. The molecule has 0 radical (unpaired) electrons. The number of halogens is 2. The molecule has 1 saturated heterocycles. The van der Waals surface area contributed by atoms with Gasteiger partial charge >= 0.3 is 0 Å². The lowest BCUT2D eigenvalue weighted by Crippen LogP contribution is -2.40. The topological polar surface area (TPSA) is 50.2 Å². The number of hydrogen-bond donors (Lipinski definition) is 1. The fraction of sp³-hybridized carbons (Fsp3) is 0.391. The van der Waals surface area contributed by atoms with Crippen LogP contribution in [0.3, 0.4) is 0 Å². The minimum atomic E-state index is -0.0920. The summed E-state index contributed by atoms with van der Waals surface area (Å²) in [5.41, 5.74) is 2.74. The first-order valence-electron chi connectivity index (χ1n) is 10.4. The lowest BCUT2D eigenvalue weighted by Gasteiger charge is -2.32. The maximum Gasteiger partial charge on any atom is 0.228 e. The number of aromatic nitrogens is 2. The number of carbonyl (C=O) groups excluding carboxylic acids is 1. The Balaban J connectivity index is 1.48. The number of hydrogen-bond acceptors (Lipinski definition) is 3. The zero-order valence-corrected chi connectivity index (χ0v) is 18.7. The summed E-state index contributed by atoms with van der Waals surface area (Å²) in [6.07, 6.45) is 1.84. The predicted octanol–water partition coefficient (Wildman–Crippen LogP) is 5.77. The van der Waals surface area contributed by atoms with Gasteiger partial charge in [-0.25, -0.2) is 4.98 Å². The molecule has 4 rings (SSSR count). The molecule has 158 valence electrons. The van der Waals surface area contributed by atoms with Crippen molar-refractivity contribution in [3.63, 3.8) is 0 Å². The first-order valence-corrected chi connectivity index (χ1v) is 11.1. The molecule has 0 saturated carbocycles. The van der Waals surface area contributed by atoms with Gasteiger partial charge in [-0.15, -0.1) is 0 Å². The highest BCUT2D eigenvalue weighted by Gasteiger charge is 2.27. The number of imidazole rings is 1. The van der Waals surface area contributed by atoms with Crippen molar-refractivity contribution in [1.29, 1.82) is 0 Å². The Kier molecular flexibility index (Phi) is 6.32. The Morgan fingerprint density at radius 2 is 2.03 bits per heavy atom. The number of rotatable bonds is 5. The van der Waals surface area contributed by atoms with E-state index in [0.29, 0.717) is 28.3 Å². The summed E-state index contributed by atoms with van der Waals surface area (Å²) >= 11 is 12.3. The van der Waals surface area contributed by atoms with E-state index in [1.165, 1.54) is 0 Å². The van der Waals surface area contributed by atoms with Crippen LogP contribution in [-0.2, 0) is 11.3 Å². The van der Waals surface area contributed by atoms with Gasteiger partial charge in [-0.1, -0.05) is 35.3 Å². The van der Waals surface area contributed by atoms with Crippen LogP contribution in [0, 0.1) is 5.92 Å². The van der Waals surface area contributed by atoms with Crippen molar-refractivity contribution in [2.24, 2.45) is 5.92 Å². The van der Waals surface area contributed by atoms with E-state index in [1.54, 1.807) is 18.2 Å². The summed E-state index contributed by atoms with van der Waals surface area (Å²) < 4.78 is 2.30. The largest absolute Gasteiger partial charge is 0.324 e. The molecule has 5 nitrogen and oxygen atoms in total. The quantitative estimate of drug-likeness (QED) is 0.542. The van der Waals surface area contributed by atoms with Gasteiger partial charge in [0.15, 0.2) is 0 Å². The number of carbonyl (C=O) groups is 1. The molecule has 1 N–H and O–H groups in total. The molecule has 1 amide bonds. The lowest BCUT2D eigenvalue weighted by atomic mass is 9.97. The second-order valence-corrected chi connectivity index (χ2v) is 9.01. The molecule has 0 unspecified atom stereocenters. The molecule has 1 atom stereocenters. The van der Waals surface area contributed by atoms with Gasteiger partial charge in [-0.3, -0.25) is 9.69 Å². The Morgan fingerprint density at radius 3 is 2.83 bits per heavy atom. The van der Waals surface area contributed by atoms with Crippen molar-refractivity contribution in [2.75, 3.05) is 18.4 Å². The Bertz CT molecular complexity index is 1060. The summed E-state index contributed by atoms with van der Waals surface area (Å²) in [6.45, 7) is 6.75. The number of amides is 1. The third-order valence-electron chi connectivity index (χ3n) is 5.61. The van der Waals surface area contributed by atoms with Crippen LogP contribution >= 0.6 is 23.2 Å². The maximum absolute atomic E-state index is 12.9. The van der Waals surface area contributed by atoms with Crippen LogP contribution in [0.25, 0.3) is 11.0 Å². The van der Waals surface area contributed by atoms with Crippen LogP contribution < -0.4 is 5.32 Å². The Morgan fingerprint density at radius 1 is 1.23 bits per heavy atom. The van der Waals surface area contributed by atoms with E-state index in [0.717, 1.165) is 42.8 Å². The van der Waals surface area contributed by atoms with Gasteiger partial charge in [0.05, 0.1) is 34.2 Å². The third-order valence-corrected chi connectivity index (χ3v) is 6.18. The van der Waals surface area contributed by atoms with Gasteiger partial charge in [0, 0.05) is 17.6 Å². The number of nitrogens with zero attached hydrogens (tertiary/aromatic N) is 3. The van der Waals surface area contributed by atoms with Crippen molar-refractivity contribution in [2.45, 2.75) is 39.3 Å². The Labute approximate surface area is 187 Å². The molecular formula is C23H26Cl2N4O. The fourth-order valence-corrected chi connectivity index (χ4v) is 4.56. The number of piperidine rings is 1. The number of benzene rings is 2. The molecule has 1 aliphatic rings. The Hall–Kier alpha value is -2.08. The summed E-state index contributed by atoms with van der Waals surface area (Å²) in [5.74, 6) is 0.942. The van der Waals surface area contributed by atoms with Crippen LogP contribution in [0.5, 0.6) is 0 Å². The molecule has 3 aromatic rings. The van der Waals surface area contributed by atoms with Gasteiger partial charge in [-0.05, 0) is 63.6 Å². The minimum absolute atomic E-state index is 0.0128.